The molecule has 0 heterocycles. The zero-order valence-electron chi connectivity index (χ0n) is 8.99. The minimum atomic E-state index is -0.661. The molecule has 15 heavy (non-hydrogen) atoms. The number of aryl methyl sites for hydroxylation is 1. The SMILES string of the molecule is Cc1cccc(C2(C(=O)O)CCCC2)c1. The molecule has 0 spiro atoms. The first kappa shape index (κ1) is 10.2. The van der Waals surface area contributed by atoms with E-state index in [2.05, 4.69) is 0 Å². The number of carbonyl (C=O) groups is 1. The summed E-state index contributed by atoms with van der Waals surface area (Å²) in [5.41, 5.74) is 1.51. The number of hydrogen-bond acceptors (Lipinski definition) is 1. The van der Waals surface area contributed by atoms with Crippen molar-refractivity contribution in [3.8, 4) is 0 Å². The van der Waals surface area contributed by atoms with Gasteiger partial charge in [0.1, 0.15) is 0 Å². The highest BCUT2D eigenvalue weighted by Gasteiger charge is 2.42. The average Bonchev–Trinajstić information content (AvgIpc) is 2.67. The van der Waals surface area contributed by atoms with E-state index in [1.165, 1.54) is 0 Å². The Hall–Kier alpha value is -1.31. The van der Waals surface area contributed by atoms with Crippen LogP contribution in [0.2, 0.25) is 0 Å². The Morgan fingerprint density at radius 1 is 1.33 bits per heavy atom. The lowest BCUT2D eigenvalue weighted by Gasteiger charge is -2.24. The molecule has 0 radical (unpaired) electrons. The number of benzene rings is 1. The van der Waals surface area contributed by atoms with Gasteiger partial charge in [-0.25, -0.2) is 0 Å². The lowest BCUT2D eigenvalue weighted by molar-refractivity contribution is -0.143. The summed E-state index contributed by atoms with van der Waals surface area (Å²) in [4.78, 5) is 11.4. The second kappa shape index (κ2) is 3.69. The maximum absolute atomic E-state index is 11.4. The average molecular weight is 204 g/mol. The van der Waals surface area contributed by atoms with Crippen LogP contribution in [-0.2, 0) is 10.2 Å². The van der Waals surface area contributed by atoms with Crippen molar-refractivity contribution >= 4 is 5.97 Å². The molecular formula is C13H16O2. The second-order valence-corrected chi connectivity index (χ2v) is 4.46. The molecule has 1 aliphatic rings. The van der Waals surface area contributed by atoms with E-state index >= 15 is 0 Å². The molecule has 1 saturated carbocycles. The van der Waals surface area contributed by atoms with Crippen LogP contribution in [0.4, 0.5) is 0 Å². The molecule has 1 fully saturated rings. The van der Waals surface area contributed by atoms with E-state index in [0.717, 1.165) is 36.8 Å². The molecule has 0 aromatic heterocycles. The fourth-order valence-electron chi connectivity index (χ4n) is 2.55. The molecule has 1 N–H and O–H groups in total. The highest BCUT2D eigenvalue weighted by molar-refractivity contribution is 5.81. The van der Waals surface area contributed by atoms with E-state index in [4.69, 9.17) is 0 Å². The fraction of sp³-hybridized carbons (Fsp3) is 0.462. The molecule has 0 atom stereocenters. The predicted molar refractivity (Wildman–Crippen MR) is 59.0 cm³/mol. The van der Waals surface area contributed by atoms with Crippen molar-refractivity contribution in [2.45, 2.75) is 38.0 Å². The van der Waals surface area contributed by atoms with E-state index in [1.54, 1.807) is 0 Å². The number of rotatable bonds is 2. The van der Waals surface area contributed by atoms with Crippen LogP contribution in [0.5, 0.6) is 0 Å². The van der Waals surface area contributed by atoms with Gasteiger partial charge in [0.25, 0.3) is 0 Å². The van der Waals surface area contributed by atoms with E-state index in [9.17, 15) is 9.90 Å². The van der Waals surface area contributed by atoms with Crippen LogP contribution >= 0.6 is 0 Å². The van der Waals surface area contributed by atoms with Crippen LogP contribution in [0.1, 0.15) is 36.8 Å². The van der Waals surface area contributed by atoms with E-state index in [1.807, 2.05) is 31.2 Å². The molecule has 1 aromatic rings. The first-order chi connectivity index (χ1) is 7.15. The molecule has 0 amide bonds. The molecule has 1 aliphatic carbocycles. The number of carboxylic acid groups (broad SMARTS) is 1. The third-order valence-electron chi connectivity index (χ3n) is 3.44. The Morgan fingerprint density at radius 2 is 2.00 bits per heavy atom. The molecule has 80 valence electrons. The summed E-state index contributed by atoms with van der Waals surface area (Å²) in [7, 11) is 0. The lowest BCUT2D eigenvalue weighted by atomic mass is 9.78. The van der Waals surface area contributed by atoms with Crippen molar-refractivity contribution in [1.29, 1.82) is 0 Å². The lowest BCUT2D eigenvalue weighted by Crippen LogP contribution is -2.32. The Kier molecular flexibility index (Phi) is 2.51. The molecule has 2 heteroatoms. The van der Waals surface area contributed by atoms with Crippen molar-refractivity contribution < 1.29 is 9.90 Å². The van der Waals surface area contributed by atoms with Crippen molar-refractivity contribution in [3.63, 3.8) is 0 Å². The van der Waals surface area contributed by atoms with Gasteiger partial charge in [-0.3, -0.25) is 4.79 Å². The standard InChI is InChI=1S/C13H16O2/c1-10-5-4-6-11(9-10)13(12(14)15)7-2-3-8-13/h4-6,9H,2-3,7-8H2,1H3,(H,14,15). The van der Waals surface area contributed by atoms with Gasteiger partial charge in [-0.2, -0.15) is 0 Å². The third-order valence-corrected chi connectivity index (χ3v) is 3.44. The Balaban J connectivity index is 2.45. The number of hydrogen-bond donors (Lipinski definition) is 1. The maximum Gasteiger partial charge on any atom is 0.314 e. The maximum atomic E-state index is 11.4. The fourth-order valence-corrected chi connectivity index (χ4v) is 2.55. The van der Waals surface area contributed by atoms with E-state index in [0.29, 0.717) is 0 Å². The third kappa shape index (κ3) is 1.65. The van der Waals surface area contributed by atoms with Crippen molar-refractivity contribution in [1.82, 2.24) is 0 Å². The first-order valence-corrected chi connectivity index (χ1v) is 5.46. The van der Waals surface area contributed by atoms with Gasteiger partial charge in [-0.05, 0) is 25.3 Å². The molecule has 1 aromatic carbocycles. The summed E-state index contributed by atoms with van der Waals surface area (Å²) in [5.74, 6) is -0.661. The molecule has 2 nitrogen and oxygen atoms in total. The van der Waals surface area contributed by atoms with Gasteiger partial charge in [0, 0.05) is 0 Å². The number of carboxylic acids is 1. The van der Waals surface area contributed by atoms with Gasteiger partial charge >= 0.3 is 5.97 Å². The van der Waals surface area contributed by atoms with Gasteiger partial charge in [-0.1, -0.05) is 42.7 Å². The summed E-state index contributed by atoms with van der Waals surface area (Å²) >= 11 is 0. The Labute approximate surface area is 89.9 Å². The van der Waals surface area contributed by atoms with Gasteiger partial charge in [0.2, 0.25) is 0 Å². The second-order valence-electron chi connectivity index (χ2n) is 4.46. The molecule has 0 saturated heterocycles. The summed E-state index contributed by atoms with van der Waals surface area (Å²) < 4.78 is 0. The highest BCUT2D eigenvalue weighted by atomic mass is 16.4. The first-order valence-electron chi connectivity index (χ1n) is 5.46. The normalized spacial score (nSPS) is 19.0. The van der Waals surface area contributed by atoms with Crippen LogP contribution in [0.25, 0.3) is 0 Å². The summed E-state index contributed by atoms with van der Waals surface area (Å²) in [6.07, 6.45) is 3.62. The van der Waals surface area contributed by atoms with E-state index in [-0.39, 0.29) is 0 Å². The van der Waals surface area contributed by atoms with Crippen molar-refractivity contribution in [3.05, 3.63) is 35.4 Å². The molecule has 0 unspecified atom stereocenters. The summed E-state index contributed by atoms with van der Waals surface area (Å²) in [6.45, 7) is 2.01. The molecule has 0 bridgehead atoms. The molecular weight excluding hydrogens is 188 g/mol. The van der Waals surface area contributed by atoms with Crippen LogP contribution in [0.3, 0.4) is 0 Å². The van der Waals surface area contributed by atoms with Crippen LogP contribution in [-0.4, -0.2) is 11.1 Å². The zero-order valence-corrected chi connectivity index (χ0v) is 8.99. The monoisotopic (exact) mass is 204 g/mol. The van der Waals surface area contributed by atoms with Gasteiger partial charge in [-0.15, -0.1) is 0 Å². The minimum absolute atomic E-state index is 0.605. The van der Waals surface area contributed by atoms with Crippen LogP contribution in [0.15, 0.2) is 24.3 Å². The van der Waals surface area contributed by atoms with Gasteiger partial charge in [0.05, 0.1) is 5.41 Å². The van der Waals surface area contributed by atoms with Crippen molar-refractivity contribution in [2.24, 2.45) is 0 Å². The Bertz CT molecular complexity index is 376. The van der Waals surface area contributed by atoms with E-state index < -0.39 is 11.4 Å². The topological polar surface area (TPSA) is 37.3 Å². The van der Waals surface area contributed by atoms with Gasteiger partial charge in [0.15, 0.2) is 0 Å². The molecule has 2 rings (SSSR count). The van der Waals surface area contributed by atoms with Crippen LogP contribution < -0.4 is 0 Å². The van der Waals surface area contributed by atoms with Gasteiger partial charge < -0.3 is 5.11 Å². The smallest absolute Gasteiger partial charge is 0.314 e. The van der Waals surface area contributed by atoms with Crippen molar-refractivity contribution in [2.75, 3.05) is 0 Å². The molecule has 0 aliphatic heterocycles. The zero-order chi connectivity index (χ0) is 10.9. The van der Waals surface area contributed by atoms with Crippen LogP contribution in [0, 0.1) is 6.92 Å². The number of aliphatic carboxylic acids is 1. The summed E-state index contributed by atoms with van der Waals surface area (Å²) in [5, 5.41) is 9.41. The quantitative estimate of drug-likeness (QED) is 0.804. The minimum Gasteiger partial charge on any atom is -0.481 e. The largest absolute Gasteiger partial charge is 0.481 e. The summed E-state index contributed by atoms with van der Waals surface area (Å²) in [6, 6.07) is 7.92. The Morgan fingerprint density at radius 3 is 2.53 bits per heavy atom. The predicted octanol–water partition coefficient (Wildman–Crippen LogP) is 2.89. The highest BCUT2D eigenvalue weighted by Crippen LogP contribution is 2.41.